The highest BCUT2D eigenvalue weighted by molar-refractivity contribution is 5.94. The van der Waals surface area contributed by atoms with Gasteiger partial charge in [0, 0.05) is 38.2 Å². The van der Waals surface area contributed by atoms with Crippen molar-refractivity contribution in [2.75, 3.05) is 26.2 Å². The fourth-order valence-electron chi connectivity index (χ4n) is 3.17. The maximum atomic E-state index is 13.3. The number of hydrogen-bond donors (Lipinski definition) is 1. The van der Waals surface area contributed by atoms with Crippen molar-refractivity contribution in [3.05, 3.63) is 35.4 Å². The lowest BCUT2D eigenvalue weighted by atomic mass is 10.2. The number of amides is 3. The molecule has 0 aliphatic carbocycles. The van der Waals surface area contributed by atoms with Crippen molar-refractivity contribution in [1.82, 2.24) is 15.1 Å². The van der Waals surface area contributed by atoms with Gasteiger partial charge in [-0.05, 0) is 31.0 Å². The molecule has 25 heavy (non-hydrogen) atoms. The van der Waals surface area contributed by atoms with Crippen molar-refractivity contribution in [3.8, 4) is 0 Å². The SMILES string of the molecule is O=C1CCC(C(=O)N2CCCN(C(=O)c3ccc(F)c(F)c3)CC2)N1. The lowest BCUT2D eigenvalue weighted by Gasteiger charge is -2.24. The number of rotatable bonds is 2. The number of carbonyl (C=O) groups is 3. The van der Waals surface area contributed by atoms with Crippen molar-refractivity contribution < 1.29 is 23.2 Å². The largest absolute Gasteiger partial charge is 0.344 e. The minimum absolute atomic E-state index is 0.0849. The van der Waals surface area contributed by atoms with E-state index in [0.717, 1.165) is 12.1 Å². The smallest absolute Gasteiger partial charge is 0.254 e. The first kappa shape index (κ1) is 17.3. The normalized spacial score (nSPS) is 21.0. The molecule has 0 aromatic heterocycles. The van der Waals surface area contributed by atoms with Crippen LogP contribution in [0.3, 0.4) is 0 Å². The van der Waals surface area contributed by atoms with Gasteiger partial charge in [-0.2, -0.15) is 0 Å². The standard InChI is InChI=1S/C17H19F2N3O3/c18-12-3-2-11(10-13(12)19)16(24)21-6-1-7-22(9-8-21)17(25)14-4-5-15(23)20-14/h2-3,10,14H,1,4-9H2,(H,20,23). The van der Waals surface area contributed by atoms with Crippen LogP contribution in [0.25, 0.3) is 0 Å². The van der Waals surface area contributed by atoms with Gasteiger partial charge in [0.15, 0.2) is 11.6 Å². The zero-order valence-corrected chi connectivity index (χ0v) is 13.6. The summed E-state index contributed by atoms with van der Waals surface area (Å²) in [4.78, 5) is 39.4. The number of hydrogen-bond acceptors (Lipinski definition) is 3. The van der Waals surface area contributed by atoms with Crippen LogP contribution in [-0.4, -0.2) is 59.7 Å². The van der Waals surface area contributed by atoms with Crippen molar-refractivity contribution in [1.29, 1.82) is 0 Å². The van der Waals surface area contributed by atoms with Gasteiger partial charge in [-0.1, -0.05) is 0 Å². The van der Waals surface area contributed by atoms with E-state index in [1.807, 2.05) is 0 Å². The van der Waals surface area contributed by atoms with Crippen molar-refractivity contribution in [3.63, 3.8) is 0 Å². The first-order chi connectivity index (χ1) is 12.0. The van der Waals surface area contributed by atoms with Gasteiger partial charge in [-0.25, -0.2) is 8.78 Å². The molecule has 6 nitrogen and oxygen atoms in total. The molecule has 2 aliphatic rings. The molecule has 2 heterocycles. The molecule has 1 aromatic rings. The molecule has 0 bridgehead atoms. The maximum absolute atomic E-state index is 13.3. The van der Waals surface area contributed by atoms with Gasteiger partial charge in [0.2, 0.25) is 11.8 Å². The first-order valence-electron chi connectivity index (χ1n) is 8.28. The van der Waals surface area contributed by atoms with Crippen molar-refractivity contribution >= 4 is 17.7 Å². The highest BCUT2D eigenvalue weighted by Gasteiger charge is 2.32. The van der Waals surface area contributed by atoms with Crippen molar-refractivity contribution in [2.45, 2.75) is 25.3 Å². The van der Waals surface area contributed by atoms with Gasteiger partial charge in [0.1, 0.15) is 6.04 Å². The van der Waals surface area contributed by atoms with Crippen LogP contribution in [-0.2, 0) is 9.59 Å². The third-order valence-corrected chi connectivity index (χ3v) is 4.55. The molecule has 1 unspecified atom stereocenters. The van der Waals surface area contributed by atoms with Gasteiger partial charge in [0.05, 0.1) is 0 Å². The zero-order valence-electron chi connectivity index (χ0n) is 13.6. The Morgan fingerprint density at radius 3 is 2.44 bits per heavy atom. The second-order valence-electron chi connectivity index (χ2n) is 6.26. The Kier molecular flexibility index (Phi) is 4.96. The molecule has 1 N–H and O–H groups in total. The Morgan fingerprint density at radius 2 is 1.76 bits per heavy atom. The number of nitrogens with zero attached hydrogens (tertiary/aromatic N) is 2. The molecule has 0 spiro atoms. The van der Waals surface area contributed by atoms with Gasteiger partial charge in [0.25, 0.3) is 5.91 Å². The lowest BCUT2D eigenvalue weighted by Crippen LogP contribution is -2.46. The summed E-state index contributed by atoms with van der Waals surface area (Å²) in [6.45, 7) is 1.58. The number of halogens is 2. The van der Waals surface area contributed by atoms with E-state index in [1.165, 1.54) is 11.0 Å². The van der Waals surface area contributed by atoms with Crippen LogP contribution in [0.2, 0.25) is 0 Å². The molecule has 0 saturated carbocycles. The monoisotopic (exact) mass is 351 g/mol. The lowest BCUT2D eigenvalue weighted by molar-refractivity contribution is -0.134. The molecule has 2 saturated heterocycles. The average molecular weight is 351 g/mol. The van der Waals surface area contributed by atoms with Crippen LogP contribution in [0, 0.1) is 11.6 Å². The summed E-state index contributed by atoms with van der Waals surface area (Å²) < 4.78 is 26.3. The topological polar surface area (TPSA) is 69.7 Å². The van der Waals surface area contributed by atoms with Gasteiger partial charge in [-0.3, -0.25) is 14.4 Å². The van der Waals surface area contributed by atoms with Gasteiger partial charge < -0.3 is 15.1 Å². The summed E-state index contributed by atoms with van der Waals surface area (Å²) in [5, 5.41) is 2.65. The van der Waals surface area contributed by atoms with E-state index in [-0.39, 0.29) is 23.3 Å². The van der Waals surface area contributed by atoms with E-state index in [0.29, 0.717) is 45.4 Å². The minimum atomic E-state index is -1.06. The van der Waals surface area contributed by atoms with Gasteiger partial charge in [-0.15, -0.1) is 0 Å². The first-order valence-corrected chi connectivity index (χ1v) is 8.28. The van der Waals surface area contributed by atoms with Crippen LogP contribution in [0.15, 0.2) is 18.2 Å². The van der Waals surface area contributed by atoms with Crippen LogP contribution < -0.4 is 5.32 Å². The fourth-order valence-corrected chi connectivity index (χ4v) is 3.17. The molecular formula is C17H19F2N3O3. The highest BCUT2D eigenvalue weighted by atomic mass is 19.2. The second-order valence-corrected chi connectivity index (χ2v) is 6.26. The fraction of sp³-hybridized carbons (Fsp3) is 0.471. The molecule has 134 valence electrons. The molecule has 0 radical (unpaired) electrons. The molecule has 3 rings (SSSR count). The van der Waals surface area contributed by atoms with Gasteiger partial charge >= 0.3 is 0 Å². The Bertz CT molecular complexity index is 710. The minimum Gasteiger partial charge on any atom is -0.344 e. The Labute approximate surface area is 143 Å². The summed E-state index contributed by atoms with van der Waals surface area (Å²) in [6, 6.07) is 2.59. The molecule has 2 aliphatic heterocycles. The van der Waals surface area contributed by atoms with Crippen LogP contribution in [0.1, 0.15) is 29.6 Å². The quantitative estimate of drug-likeness (QED) is 0.861. The third-order valence-electron chi connectivity index (χ3n) is 4.55. The summed E-state index contributed by atoms with van der Waals surface area (Å²) >= 11 is 0. The number of carbonyl (C=O) groups excluding carboxylic acids is 3. The summed E-state index contributed by atoms with van der Waals surface area (Å²) in [7, 11) is 0. The maximum Gasteiger partial charge on any atom is 0.254 e. The molecule has 1 aromatic carbocycles. The van der Waals surface area contributed by atoms with Crippen LogP contribution in [0.4, 0.5) is 8.78 Å². The predicted molar refractivity (Wildman–Crippen MR) is 84.6 cm³/mol. The van der Waals surface area contributed by atoms with E-state index in [4.69, 9.17) is 0 Å². The Balaban J connectivity index is 1.62. The summed E-state index contributed by atoms with van der Waals surface area (Å²) in [5.41, 5.74) is 0.0849. The van der Waals surface area contributed by atoms with Crippen LogP contribution >= 0.6 is 0 Å². The van der Waals surface area contributed by atoms with Crippen molar-refractivity contribution in [2.24, 2.45) is 0 Å². The number of nitrogens with one attached hydrogen (secondary N) is 1. The highest BCUT2D eigenvalue weighted by Crippen LogP contribution is 2.15. The molecule has 3 amide bonds. The van der Waals surface area contributed by atoms with E-state index in [9.17, 15) is 23.2 Å². The zero-order chi connectivity index (χ0) is 18.0. The number of benzene rings is 1. The van der Waals surface area contributed by atoms with E-state index < -0.39 is 17.7 Å². The molecule has 8 heteroatoms. The Morgan fingerprint density at radius 1 is 1.04 bits per heavy atom. The molecule has 2 fully saturated rings. The summed E-state index contributed by atoms with van der Waals surface area (Å²) in [6.07, 6.45) is 1.43. The predicted octanol–water partition coefficient (Wildman–Crippen LogP) is 0.918. The van der Waals surface area contributed by atoms with E-state index in [2.05, 4.69) is 5.32 Å². The Hall–Kier alpha value is -2.51. The van der Waals surface area contributed by atoms with Crippen LogP contribution in [0.5, 0.6) is 0 Å². The third kappa shape index (κ3) is 3.78. The van der Waals surface area contributed by atoms with E-state index >= 15 is 0 Å². The second kappa shape index (κ2) is 7.16. The molecular weight excluding hydrogens is 332 g/mol. The summed E-state index contributed by atoms with van der Waals surface area (Å²) in [5.74, 6) is -2.70. The average Bonchev–Trinajstić information content (AvgIpc) is 2.89. The molecule has 1 atom stereocenters. The van der Waals surface area contributed by atoms with E-state index in [1.54, 1.807) is 4.90 Å².